The summed E-state index contributed by atoms with van der Waals surface area (Å²) >= 11 is 1.65. The molecule has 6 heteroatoms. The number of anilines is 1. The monoisotopic (exact) mass is 353 g/mol. The fourth-order valence-electron chi connectivity index (χ4n) is 2.42. The zero-order valence-corrected chi connectivity index (χ0v) is 14.9. The predicted octanol–water partition coefficient (Wildman–Crippen LogP) is 3.67. The number of methoxy groups -OCH3 is 1. The van der Waals surface area contributed by atoms with Crippen molar-refractivity contribution in [2.24, 2.45) is 0 Å². The van der Waals surface area contributed by atoms with E-state index in [9.17, 15) is 4.79 Å². The van der Waals surface area contributed by atoms with Gasteiger partial charge in [0.05, 0.1) is 12.8 Å². The minimum atomic E-state index is -0.255. The molecule has 0 atom stereocenters. The minimum absolute atomic E-state index is 0.208. The SMILES string of the molecule is CCn1nc(-c2cccc(Sc3ccc(OC)cc3)c2)cc(N)c1=O. The molecule has 1 aromatic heterocycles. The summed E-state index contributed by atoms with van der Waals surface area (Å²) in [4.78, 5) is 14.1. The van der Waals surface area contributed by atoms with Gasteiger partial charge in [-0.25, -0.2) is 4.68 Å². The second-order valence-corrected chi connectivity index (χ2v) is 6.56. The van der Waals surface area contributed by atoms with E-state index in [1.165, 1.54) is 4.68 Å². The third kappa shape index (κ3) is 3.85. The summed E-state index contributed by atoms with van der Waals surface area (Å²) in [5.41, 5.74) is 7.40. The van der Waals surface area contributed by atoms with Crippen molar-refractivity contribution in [2.75, 3.05) is 12.8 Å². The van der Waals surface area contributed by atoms with Gasteiger partial charge in [0.25, 0.3) is 5.56 Å². The first-order valence-corrected chi connectivity index (χ1v) is 8.72. The number of hydrogen-bond donors (Lipinski definition) is 1. The number of benzene rings is 2. The predicted molar refractivity (Wildman–Crippen MR) is 101 cm³/mol. The highest BCUT2D eigenvalue weighted by molar-refractivity contribution is 7.99. The van der Waals surface area contributed by atoms with Gasteiger partial charge < -0.3 is 10.5 Å². The average molecular weight is 353 g/mol. The van der Waals surface area contributed by atoms with E-state index in [1.807, 2.05) is 55.5 Å². The summed E-state index contributed by atoms with van der Waals surface area (Å²) in [5, 5.41) is 4.39. The van der Waals surface area contributed by atoms with Crippen molar-refractivity contribution in [3.8, 4) is 17.0 Å². The van der Waals surface area contributed by atoms with E-state index in [0.717, 1.165) is 21.1 Å². The largest absolute Gasteiger partial charge is 0.497 e. The van der Waals surface area contributed by atoms with Crippen molar-refractivity contribution in [2.45, 2.75) is 23.3 Å². The molecule has 3 aromatic rings. The summed E-state index contributed by atoms with van der Waals surface area (Å²) in [6.45, 7) is 2.35. The van der Waals surface area contributed by atoms with Crippen LogP contribution in [0.15, 0.2) is 69.2 Å². The fourth-order valence-corrected chi connectivity index (χ4v) is 3.29. The Morgan fingerprint density at radius 2 is 1.88 bits per heavy atom. The standard InChI is InChI=1S/C19H19N3O2S/c1-3-22-19(23)17(20)12-18(21-22)13-5-4-6-16(11-13)25-15-9-7-14(24-2)8-10-15/h4-12H,3,20H2,1-2H3. The smallest absolute Gasteiger partial charge is 0.289 e. The van der Waals surface area contributed by atoms with Crippen LogP contribution in [0.3, 0.4) is 0 Å². The van der Waals surface area contributed by atoms with E-state index in [4.69, 9.17) is 10.5 Å². The summed E-state index contributed by atoms with van der Waals surface area (Å²) in [6, 6.07) is 17.6. The van der Waals surface area contributed by atoms with Gasteiger partial charge in [0.15, 0.2) is 0 Å². The highest BCUT2D eigenvalue weighted by Gasteiger charge is 2.08. The van der Waals surface area contributed by atoms with Gasteiger partial charge in [-0.15, -0.1) is 0 Å². The maximum atomic E-state index is 11.9. The van der Waals surface area contributed by atoms with Crippen LogP contribution in [-0.4, -0.2) is 16.9 Å². The molecular formula is C19H19N3O2S. The van der Waals surface area contributed by atoms with Crippen molar-refractivity contribution >= 4 is 17.4 Å². The second-order valence-electron chi connectivity index (χ2n) is 5.41. The number of aryl methyl sites for hydroxylation is 1. The van der Waals surface area contributed by atoms with Crippen molar-refractivity contribution < 1.29 is 4.74 Å². The molecule has 0 bridgehead atoms. The number of hydrogen-bond acceptors (Lipinski definition) is 5. The minimum Gasteiger partial charge on any atom is -0.497 e. The van der Waals surface area contributed by atoms with Crippen molar-refractivity contribution in [3.05, 3.63) is 65.0 Å². The average Bonchev–Trinajstić information content (AvgIpc) is 2.64. The molecule has 0 amide bonds. The number of nitrogen functional groups attached to an aromatic ring is 1. The maximum Gasteiger partial charge on any atom is 0.289 e. The van der Waals surface area contributed by atoms with E-state index in [1.54, 1.807) is 24.9 Å². The first kappa shape index (κ1) is 17.1. The number of nitrogens with zero attached hydrogens (tertiary/aromatic N) is 2. The molecule has 128 valence electrons. The molecule has 0 aliphatic heterocycles. The zero-order valence-electron chi connectivity index (χ0n) is 14.1. The van der Waals surface area contributed by atoms with Crippen LogP contribution in [-0.2, 0) is 6.54 Å². The highest BCUT2D eigenvalue weighted by atomic mass is 32.2. The van der Waals surface area contributed by atoms with Gasteiger partial charge >= 0.3 is 0 Å². The lowest BCUT2D eigenvalue weighted by molar-refractivity contribution is 0.414. The lowest BCUT2D eigenvalue weighted by Crippen LogP contribution is -2.24. The molecule has 0 radical (unpaired) electrons. The molecule has 25 heavy (non-hydrogen) atoms. The fraction of sp³-hybridized carbons (Fsp3) is 0.158. The Morgan fingerprint density at radius 3 is 2.56 bits per heavy atom. The van der Waals surface area contributed by atoms with Gasteiger partial charge in [0, 0.05) is 21.9 Å². The molecule has 0 aliphatic carbocycles. The quantitative estimate of drug-likeness (QED) is 0.758. The first-order valence-electron chi connectivity index (χ1n) is 7.90. The molecule has 0 unspecified atom stereocenters. The van der Waals surface area contributed by atoms with Crippen LogP contribution in [0.2, 0.25) is 0 Å². The second kappa shape index (κ2) is 7.44. The van der Waals surface area contributed by atoms with E-state index in [-0.39, 0.29) is 11.2 Å². The Kier molecular flexibility index (Phi) is 5.09. The Labute approximate surface area is 150 Å². The molecule has 0 saturated heterocycles. The van der Waals surface area contributed by atoms with Gasteiger partial charge in [-0.1, -0.05) is 23.9 Å². The molecule has 1 heterocycles. The topological polar surface area (TPSA) is 70.1 Å². The molecule has 0 spiro atoms. The Bertz CT molecular complexity index is 936. The molecule has 2 N–H and O–H groups in total. The molecule has 0 fully saturated rings. The van der Waals surface area contributed by atoms with Gasteiger partial charge in [0.1, 0.15) is 11.4 Å². The van der Waals surface area contributed by atoms with Gasteiger partial charge in [-0.3, -0.25) is 4.79 Å². The summed E-state index contributed by atoms with van der Waals surface area (Å²) in [5.74, 6) is 0.833. The van der Waals surface area contributed by atoms with E-state index < -0.39 is 0 Å². The summed E-state index contributed by atoms with van der Waals surface area (Å²) in [6.07, 6.45) is 0. The zero-order chi connectivity index (χ0) is 17.8. The number of rotatable bonds is 5. The third-order valence-corrected chi connectivity index (χ3v) is 4.72. The van der Waals surface area contributed by atoms with E-state index in [2.05, 4.69) is 5.10 Å². The maximum absolute atomic E-state index is 11.9. The van der Waals surface area contributed by atoms with Crippen molar-refractivity contribution in [3.63, 3.8) is 0 Å². The Balaban J connectivity index is 1.91. The van der Waals surface area contributed by atoms with Gasteiger partial charge in [0.2, 0.25) is 0 Å². The summed E-state index contributed by atoms with van der Waals surface area (Å²) < 4.78 is 6.56. The Hall–Kier alpha value is -2.73. The molecule has 0 saturated carbocycles. The van der Waals surface area contributed by atoms with Crippen LogP contribution < -0.4 is 16.0 Å². The molecule has 3 rings (SSSR count). The van der Waals surface area contributed by atoms with E-state index in [0.29, 0.717) is 12.2 Å². The van der Waals surface area contributed by atoms with Gasteiger partial charge in [-0.05, 0) is 49.4 Å². The lowest BCUT2D eigenvalue weighted by atomic mass is 10.1. The van der Waals surface area contributed by atoms with Crippen LogP contribution in [0.1, 0.15) is 6.92 Å². The van der Waals surface area contributed by atoms with Crippen molar-refractivity contribution in [1.82, 2.24) is 9.78 Å². The van der Waals surface area contributed by atoms with Gasteiger partial charge in [-0.2, -0.15) is 5.10 Å². The number of aromatic nitrogens is 2. The molecular weight excluding hydrogens is 334 g/mol. The molecule has 2 aromatic carbocycles. The van der Waals surface area contributed by atoms with Crippen molar-refractivity contribution in [1.29, 1.82) is 0 Å². The van der Waals surface area contributed by atoms with Crippen LogP contribution in [0.25, 0.3) is 11.3 Å². The van der Waals surface area contributed by atoms with Crippen LogP contribution >= 0.6 is 11.8 Å². The first-order chi connectivity index (χ1) is 12.1. The molecule has 5 nitrogen and oxygen atoms in total. The lowest BCUT2D eigenvalue weighted by Gasteiger charge is -2.09. The van der Waals surface area contributed by atoms with Crippen LogP contribution in [0.4, 0.5) is 5.69 Å². The number of nitrogens with two attached hydrogens (primary N) is 1. The van der Waals surface area contributed by atoms with Crippen LogP contribution in [0.5, 0.6) is 5.75 Å². The third-order valence-electron chi connectivity index (χ3n) is 3.73. The number of ether oxygens (including phenoxy) is 1. The van der Waals surface area contributed by atoms with Crippen LogP contribution in [0, 0.1) is 0 Å². The molecule has 0 aliphatic rings. The highest BCUT2D eigenvalue weighted by Crippen LogP contribution is 2.31. The summed E-state index contributed by atoms with van der Waals surface area (Å²) in [7, 11) is 1.65. The van der Waals surface area contributed by atoms with E-state index >= 15 is 0 Å². The normalized spacial score (nSPS) is 10.6. The Morgan fingerprint density at radius 1 is 1.12 bits per heavy atom.